The molecule has 9 heteroatoms. The van der Waals surface area contributed by atoms with E-state index in [4.69, 9.17) is 21.1 Å². The van der Waals surface area contributed by atoms with E-state index in [0.29, 0.717) is 48.3 Å². The standard InChI is InChI=1S/C25H26ClN3O5/c1-2-25(17-6-8-18(26)9-7-17)23(31)29(24(32)27-25)15-22(30)28-11-3-4-19(28)16-5-10-20-21(14-16)34-13-12-33-20/h5-10,14,19H,2-4,11-13,15H2,1H3,(H,27,32)/t19-,25-/m0/s1. The molecule has 0 unspecified atom stereocenters. The van der Waals surface area contributed by atoms with Gasteiger partial charge in [-0.2, -0.15) is 0 Å². The first-order chi connectivity index (χ1) is 16.4. The number of carbonyl (C=O) groups is 3. The van der Waals surface area contributed by atoms with Gasteiger partial charge in [-0.3, -0.25) is 14.5 Å². The zero-order chi connectivity index (χ0) is 23.9. The maximum Gasteiger partial charge on any atom is 0.325 e. The Morgan fingerprint density at radius 2 is 1.85 bits per heavy atom. The number of imide groups is 1. The number of likely N-dealkylation sites (tertiary alicyclic amines) is 1. The number of fused-ring (bicyclic) bond motifs is 1. The quantitative estimate of drug-likeness (QED) is 0.656. The summed E-state index contributed by atoms with van der Waals surface area (Å²) in [7, 11) is 0. The van der Waals surface area contributed by atoms with Gasteiger partial charge in [0.25, 0.3) is 5.91 Å². The maximum atomic E-state index is 13.4. The lowest BCUT2D eigenvalue weighted by molar-refractivity contribution is -0.139. The highest BCUT2D eigenvalue weighted by atomic mass is 35.5. The molecule has 178 valence electrons. The average molecular weight is 484 g/mol. The lowest BCUT2D eigenvalue weighted by Crippen LogP contribution is -2.45. The summed E-state index contributed by atoms with van der Waals surface area (Å²) in [5.74, 6) is 0.686. The van der Waals surface area contributed by atoms with Gasteiger partial charge in [0.15, 0.2) is 11.5 Å². The van der Waals surface area contributed by atoms with Crippen molar-refractivity contribution in [2.75, 3.05) is 26.3 Å². The first-order valence-corrected chi connectivity index (χ1v) is 11.9. The molecule has 1 N–H and O–H groups in total. The summed E-state index contributed by atoms with van der Waals surface area (Å²) in [6, 6.07) is 11.8. The fourth-order valence-corrected chi connectivity index (χ4v) is 5.17. The summed E-state index contributed by atoms with van der Waals surface area (Å²) < 4.78 is 11.3. The van der Waals surface area contributed by atoms with Crippen molar-refractivity contribution >= 4 is 29.4 Å². The van der Waals surface area contributed by atoms with Crippen LogP contribution in [0, 0.1) is 0 Å². The molecule has 0 bridgehead atoms. The number of amides is 4. The van der Waals surface area contributed by atoms with Crippen molar-refractivity contribution in [3.63, 3.8) is 0 Å². The van der Waals surface area contributed by atoms with Crippen LogP contribution in [0.4, 0.5) is 4.79 Å². The Morgan fingerprint density at radius 1 is 1.12 bits per heavy atom. The summed E-state index contributed by atoms with van der Waals surface area (Å²) in [6.45, 7) is 3.10. The van der Waals surface area contributed by atoms with Crippen molar-refractivity contribution in [1.29, 1.82) is 0 Å². The number of carbonyl (C=O) groups excluding carboxylic acids is 3. The highest BCUT2D eigenvalue weighted by molar-refractivity contribution is 6.30. The number of hydrogen-bond acceptors (Lipinski definition) is 5. The van der Waals surface area contributed by atoms with Crippen molar-refractivity contribution < 1.29 is 23.9 Å². The summed E-state index contributed by atoms with van der Waals surface area (Å²) in [4.78, 5) is 42.4. The minimum absolute atomic E-state index is 0.142. The highest BCUT2D eigenvalue weighted by Crippen LogP contribution is 2.39. The Morgan fingerprint density at radius 3 is 2.59 bits per heavy atom. The molecule has 4 amide bonds. The van der Waals surface area contributed by atoms with Gasteiger partial charge in [-0.25, -0.2) is 4.79 Å². The molecule has 5 rings (SSSR count). The largest absolute Gasteiger partial charge is 0.486 e. The van der Waals surface area contributed by atoms with Gasteiger partial charge in [-0.1, -0.05) is 36.7 Å². The molecule has 2 aromatic carbocycles. The summed E-state index contributed by atoms with van der Waals surface area (Å²) in [5.41, 5.74) is 0.391. The van der Waals surface area contributed by atoms with E-state index in [2.05, 4.69) is 5.32 Å². The van der Waals surface area contributed by atoms with E-state index in [1.54, 1.807) is 29.2 Å². The number of nitrogens with zero attached hydrogens (tertiary/aromatic N) is 2. The van der Waals surface area contributed by atoms with Crippen LogP contribution in [0.5, 0.6) is 11.5 Å². The second kappa shape index (κ2) is 8.83. The fraction of sp³-hybridized carbons (Fsp3) is 0.400. The number of rotatable bonds is 5. The molecule has 0 spiro atoms. The third kappa shape index (κ3) is 3.76. The van der Waals surface area contributed by atoms with Crippen LogP contribution in [0.15, 0.2) is 42.5 Å². The van der Waals surface area contributed by atoms with Gasteiger partial charge in [0.2, 0.25) is 5.91 Å². The second-order valence-electron chi connectivity index (χ2n) is 8.74. The summed E-state index contributed by atoms with van der Waals surface area (Å²) >= 11 is 6.00. The minimum Gasteiger partial charge on any atom is -0.486 e. The van der Waals surface area contributed by atoms with Gasteiger partial charge < -0.3 is 19.7 Å². The second-order valence-corrected chi connectivity index (χ2v) is 9.17. The Bertz CT molecular complexity index is 1140. The van der Waals surface area contributed by atoms with Crippen molar-refractivity contribution in [2.24, 2.45) is 0 Å². The zero-order valence-corrected chi connectivity index (χ0v) is 19.6. The highest BCUT2D eigenvalue weighted by Gasteiger charge is 2.52. The molecule has 2 fully saturated rings. The molecule has 3 aliphatic rings. The Balaban J connectivity index is 1.35. The van der Waals surface area contributed by atoms with E-state index in [0.717, 1.165) is 23.3 Å². The first kappa shape index (κ1) is 22.5. The van der Waals surface area contributed by atoms with Crippen molar-refractivity contribution in [1.82, 2.24) is 15.1 Å². The predicted octanol–water partition coefficient (Wildman–Crippen LogP) is 3.63. The SMILES string of the molecule is CC[C@@]1(c2ccc(Cl)cc2)NC(=O)N(CC(=O)N2CCC[C@H]2c2ccc3c(c2)OCCO3)C1=O. The van der Waals surface area contributed by atoms with Gasteiger partial charge in [-0.05, 0) is 54.7 Å². The third-order valence-electron chi connectivity index (χ3n) is 6.86. The summed E-state index contributed by atoms with van der Waals surface area (Å²) in [5, 5.41) is 3.36. The lowest BCUT2D eigenvalue weighted by atomic mass is 9.87. The van der Waals surface area contributed by atoms with Crippen LogP contribution < -0.4 is 14.8 Å². The lowest BCUT2D eigenvalue weighted by Gasteiger charge is -2.28. The van der Waals surface area contributed by atoms with Gasteiger partial charge >= 0.3 is 6.03 Å². The van der Waals surface area contributed by atoms with Crippen LogP contribution in [-0.4, -0.2) is 53.9 Å². The smallest absolute Gasteiger partial charge is 0.325 e. The average Bonchev–Trinajstić information content (AvgIpc) is 3.44. The van der Waals surface area contributed by atoms with Crippen LogP contribution in [-0.2, 0) is 15.1 Å². The molecule has 0 aliphatic carbocycles. The molecule has 2 atom stereocenters. The van der Waals surface area contributed by atoms with Crippen molar-refractivity contribution in [3.8, 4) is 11.5 Å². The molecule has 34 heavy (non-hydrogen) atoms. The minimum atomic E-state index is -1.21. The molecule has 0 radical (unpaired) electrons. The summed E-state index contributed by atoms with van der Waals surface area (Å²) in [6.07, 6.45) is 2.00. The Labute approximate surface area is 202 Å². The number of halogens is 1. The predicted molar refractivity (Wildman–Crippen MR) is 125 cm³/mol. The number of ether oxygens (including phenoxy) is 2. The normalized spacial score (nSPS) is 23.9. The molecule has 0 saturated carbocycles. The molecule has 2 saturated heterocycles. The van der Waals surface area contributed by atoms with Crippen molar-refractivity contribution in [3.05, 3.63) is 58.6 Å². The molecule has 2 aromatic rings. The topological polar surface area (TPSA) is 88.2 Å². The molecule has 8 nitrogen and oxygen atoms in total. The van der Waals surface area contributed by atoms with E-state index >= 15 is 0 Å². The van der Waals surface area contributed by atoms with E-state index in [9.17, 15) is 14.4 Å². The van der Waals surface area contributed by atoms with Crippen LogP contribution in [0.25, 0.3) is 0 Å². The molecular formula is C25H26ClN3O5. The third-order valence-corrected chi connectivity index (χ3v) is 7.11. The molecular weight excluding hydrogens is 458 g/mol. The zero-order valence-electron chi connectivity index (χ0n) is 18.9. The van der Waals surface area contributed by atoms with Gasteiger partial charge in [-0.15, -0.1) is 0 Å². The number of urea groups is 1. The monoisotopic (exact) mass is 483 g/mol. The van der Waals surface area contributed by atoms with Crippen LogP contribution in [0.2, 0.25) is 5.02 Å². The fourth-order valence-electron chi connectivity index (χ4n) is 5.05. The van der Waals surface area contributed by atoms with Crippen LogP contribution in [0.1, 0.15) is 43.4 Å². The Kier molecular flexibility index (Phi) is 5.85. The first-order valence-electron chi connectivity index (χ1n) is 11.5. The van der Waals surface area contributed by atoms with Gasteiger partial charge in [0, 0.05) is 11.6 Å². The number of nitrogens with one attached hydrogen (secondary N) is 1. The molecule has 0 aromatic heterocycles. The number of hydrogen-bond donors (Lipinski definition) is 1. The van der Waals surface area contributed by atoms with Gasteiger partial charge in [0.05, 0.1) is 6.04 Å². The van der Waals surface area contributed by atoms with Crippen LogP contribution >= 0.6 is 11.6 Å². The van der Waals surface area contributed by atoms with Crippen LogP contribution in [0.3, 0.4) is 0 Å². The molecule has 3 heterocycles. The molecule has 3 aliphatic heterocycles. The van der Waals surface area contributed by atoms with E-state index in [1.807, 2.05) is 25.1 Å². The van der Waals surface area contributed by atoms with Gasteiger partial charge in [0.1, 0.15) is 25.3 Å². The van der Waals surface area contributed by atoms with E-state index in [-0.39, 0.29) is 18.5 Å². The van der Waals surface area contributed by atoms with E-state index in [1.165, 1.54) is 0 Å². The van der Waals surface area contributed by atoms with E-state index < -0.39 is 17.5 Å². The number of benzene rings is 2. The Hall–Kier alpha value is -3.26. The van der Waals surface area contributed by atoms with Crippen molar-refractivity contribution in [2.45, 2.75) is 37.8 Å². The maximum absolute atomic E-state index is 13.4.